The van der Waals surface area contributed by atoms with Crippen LogP contribution in [0.2, 0.25) is 0 Å². The Morgan fingerprint density at radius 1 is 1.50 bits per heavy atom. The molecule has 0 aliphatic rings. The Morgan fingerprint density at radius 3 is 2.75 bits per heavy atom. The summed E-state index contributed by atoms with van der Waals surface area (Å²) in [7, 11) is 0. The van der Waals surface area contributed by atoms with E-state index in [1.807, 2.05) is 6.20 Å². The van der Waals surface area contributed by atoms with Crippen LogP contribution in [0.4, 0.5) is 5.69 Å². The molecule has 1 heterocycles. The van der Waals surface area contributed by atoms with Crippen LogP contribution < -0.4 is 5.73 Å². The van der Waals surface area contributed by atoms with Crippen LogP contribution in [-0.4, -0.2) is 20.9 Å². The average Bonchev–Trinajstić information content (AvgIpc) is 2.64. The van der Waals surface area contributed by atoms with E-state index in [1.165, 1.54) is 6.07 Å². The highest BCUT2D eigenvalue weighted by Crippen LogP contribution is 2.17. The molecule has 1 aromatic carbocycles. The fraction of sp³-hybridized carbons (Fsp3) is 0. The van der Waals surface area contributed by atoms with Crippen LogP contribution in [0.25, 0.3) is 5.69 Å². The summed E-state index contributed by atoms with van der Waals surface area (Å²) in [6, 6.07) is 4.73. The molecule has 0 amide bonds. The maximum atomic E-state index is 10.8. The molecule has 0 aliphatic carbocycles. The van der Waals surface area contributed by atoms with E-state index in [2.05, 4.69) is 27.7 Å². The zero-order valence-electron chi connectivity index (χ0n) is 8.09. The van der Waals surface area contributed by atoms with Crippen molar-refractivity contribution in [1.29, 1.82) is 0 Å². The third-order valence-corrected chi connectivity index (χ3v) is 2.64. The molecule has 0 spiro atoms. The predicted octanol–water partition coefficient (Wildman–Crippen LogP) is 1.76. The largest absolute Gasteiger partial charge is 0.478 e. The van der Waals surface area contributed by atoms with Crippen LogP contribution in [0.3, 0.4) is 0 Å². The first kappa shape index (κ1) is 10.9. The molecule has 2 rings (SSSR count). The lowest BCUT2D eigenvalue weighted by Crippen LogP contribution is -2.04. The van der Waals surface area contributed by atoms with E-state index < -0.39 is 5.97 Å². The lowest BCUT2D eigenvalue weighted by molar-refractivity contribution is 0.0698. The number of nitrogen functional groups attached to an aromatic ring is 1. The van der Waals surface area contributed by atoms with E-state index in [4.69, 9.17) is 10.8 Å². The molecule has 2 aromatic rings. The molecule has 0 aliphatic heterocycles. The van der Waals surface area contributed by atoms with Gasteiger partial charge in [0.05, 0.1) is 21.0 Å². The summed E-state index contributed by atoms with van der Waals surface area (Å²) >= 11 is 2.14. The summed E-state index contributed by atoms with van der Waals surface area (Å²) in [4.78, 5) is 10.8. The minimum absolute atomic E-state index is 0.102. The van der Waals surface area contributed by atoms with Crippen molar-refractivity contribution in [1.82, 2.24) is 9.78 Å². The van der Waals surface area contributed by atoms with Gasteiger partial charge in [-0.25, -0.2) is 9.48 Å². The van der Waals surface area contributed by atoms with Crippen molar-refractivity contribution in [2.24, 2.45) is 0 Å². The minimum Gasteiger partial charge on any atom is -0.478 e. The predicted molar refractivity (Wildman–Crippen MR) is 67.7 cm³/mol. The number of carbonyl (C=O) groups is 1. The fourth-order valence-electron chi connectivity index (χ4n) is 1.33. The molecule has 1 aromatic heterocycles. The quantitative estimate of drug-likeness (QED) is 0.650. The topological polar surface area (TPSA) is 81.1 Å². The van der Waals surface area contributed by atoms with Crippen LogP contribution in [0.1, 0.15) is 10.4 Å². The highest BCUT2D eigenvalue weighted by molar-refractivity contribution is 14.1. The number of nitrogens with zero attached hydrogens (tertiary/aromatic N) is 2. The van der Waals surface area contributed by atoms with Gasteiger partial charge in [-0.05, 0) is 40.8 Å². The monoisotopic (exact) mass is 329 g/mol. The maximum Gasteiger partial charge on any atom is 0.337 e. The molecular formula is C10H8IN3O2. The average molecular weight is 329 g/mol. The second-order valence-electron chi connectivity index (χ2n) is 3.18. The van der Waals surface area contributed by atoms with Gasteiger partial charge in [-0.15, -0.1) is 0 Å². The van der Waals surface area contributed by atoms with Gasteiger partial charge in [-0.3, -0.25) is 0 Å². The van der Waals surface area contributed by atoms with Gasteiger partial charge in [0, 0.05) is 11.9 Å². The molecular weight excluding hydrogens is 321 g/mol. The summed E-state index contributed by atoms with van der Waals surface area (Å²) in [5.41, 5.74) is 6.72. The van der Waals surface area contributed by atoms with Crippen molar-refractivity contribution < 1.29 is 9.90 Å². The van der Waals surface area contributed by atoms with Gasteiger partial charge >= 0.3 is 5.97 Å². The van der Waals surface area contributed by atoms with Crippen molar-refractivity contribution in [3.63, 3.8) is 0 Å². The highest BCUT2D eigenvalue weighted by Gasteiger charge is 2.09. The molecule has 3 N–H and O–H groups in total. The minimum atomic E-state index is -1.03. The van der Waals surface area contributed by atoms with Crippen LogP contribution in [-0.2, 0) is 0 Å². The van der Waals surface area contributed by atoms with Gasteiger partial charge in [0.15, 0.2) is 0 Å². The van der Waals surface area contributed by atoms with Crippen LogP contribution in [0.5, 0.6) is 0 Å². The van der Waals surface area contributed by atoms with E-state index in [0.717, 1.165) is 9.26 Å². The maximum absolute atomic E-state index is 10.8. The number of rotatable bonds is 2. The number of halogens is 1. The van der Waals surface area contributed by atoms with Crippen molar-refractivity contribution in [2.45, 2.75) is 0 Å². The molecule has 0 atom stereocenters. The number of carboxylic acid groups (broad SMARTS) is 1. The fourth-order valence-corrected chi connectivity index (χ4v) is 1.72. The molecule has 6 heteroatoms. The number of hydrogen-bond acceptors (Lipinski definition) is 3. The highest BCUT2D eigenvalue weighted by atomic mass is 127. The summed E-state index contributed by atoms with van der Waals surface area (Å²) in [5, 5.41) is 12.9. The number of hydrogen-bond donors (Lipinski definition) is 2. The first-order valence-electron chi connectivity index (χ1n) is 4.41. The Balaban J connectivity index is 2.45. The first-order chi connectivity index (χ1) is 7.58. The van der Waals surface area contributed by atoms with Gasteiger partial charge in [0.2, 0.25) is 0 Å². The Bertz CT molecular complexity index is 551. The Kier molecular flexibility index (Phi) is 2.82. The SMILES string of the molecule is Nc1cc(-n2cc(I)cn2)ccc1C(=O)O. The lowest BCUT2D eigenvalue weighted by Gasteiger charge is -2.04. The number of anilines is 1. The van der Waals surface area contributed by atoms with Crippen molar-refractivity contribution in [3.05, 3.63) is 39.7 Å². The Labute approximate surface area is 105 Å². The van der Waals surface area contributed by atoms with Gasteiger partial charge in [0.25, 0.3) is 0 Å². The molecule has 0 fully saturated rings. The number of aromatic nitrogens is 2. The third-order valence-electron chi connectivity index (χ3n) is 2.08. The summed E-state index contributed by atoms with van der Waals surface area (Å²) < 4.78 is 2.64. The molecule has 0 unspecified atom stereocenters. The normalized spacial score (nSPS) is 10.3. The molecule has 16 heavy (non-hydrogen) atoms. The van der Waals surface area contributed by atoms with E-state index in [1.54, 1.807) is 23.0 Å². The van der Waals surface area contributed by atoms with Crippen LogP contribution in [0, 0.1) is 3.57 Å². The number of nitrogens with two attached hydrogens (primary N) is 1. The van der Waals surface area contributed by atoms with Crippen LogP contribution >= 0.6 is 22.6 Å². The van der Waals surface area contributed by atoms with Gasteiger partial charge in [-0.2, -0.15) is 5.10 Å². The lowest BCUT2D eigenvalue weighted by atomic mass is 10.1. The number of benzene rings is 1. The van der Waals surface area contributed by atoms with Crippen molar-refractivity contribution in [3.8, 4) is 5.69 Å². The molecule has 5 nitrogen and oxygen atoms in total. The van der Waals surface area contributed by atoms with Gasteiger partial charge in [-0.1, -0.05) is 0 Å². The molecule has 82 valence electrons. The van der Waals surface area contributed by atoms with E-state index in [0.29, 0.717) is 0 Å². The van der Waals surface area contributed by atoms with E-state index in [-0.39, 0.29) is 11.3 Å². The first-order valence-corrected chi connectivity index (χ1v) is 5.49. The van der Waals surface area contributed by atoms with E-state index >= 15 is 0 Å². The van der Waals surface area contributed by atoms with Gasteiger partial charge in [0.1, 0.15) is 0 Å². The van der Waals surface area contributed by atoms with Gasteiger partial charge < -0.3 is 10.8 Å². The Morgan fingerprint density at radius 2 is 2.25 bits per heavy atom. The molecule has 0 saturated carbocycles. The molecule has 0 bridgehead atoms. The van der Waals surface area contributed by atoms with Crippen molar-refractivity contribution in [2.75, 3.05) is 5.73 Å². The standard InChI is InChI=1S/C10H8IN3O2/c11-6-4-13-14(5-6)7-1-2-8(10(15)16)9(12)3-7/h1-5H,12H2,(H,15,16). The summed E-state index contributed by atoms with van der Waals surface area (Å²) in [6.07, 6.45) is 3.54. The molecule has 0 saturated heterocycles. The summed E-state index contributed by atoms with van der Waals surface area (Å²) in [5.74, 6) is -1.03. The summed E-state index contributed by atoms with van der Waals surface area (Å²) in [6.45, 7) is 0. The zero-order valence-corrected chi connectivity index (χ0v) is 10.2. The Hall–Kier alpha value is -1.57. The second kappa shape index (κ2) is 4.12. The smallest absolute Gasteiger partial charge is 0.337 e. The number of carboxylic acids is 1. The van der Waals surface area contributed by atoms with Crippen LogP contribution in [0.15, 0.2) is 30.6 Å². The second-order valence-corrected chi connectivity index (χ2v) is 4.43. The number of aromatic carboxylic acids is 1. The van der Waals surface area contributed by atoms with E-state index in [9.17, 15) is 4.79 Å². The molecule has 0 radical (unpaired) electrons. The third kappa shape index (κ3) is 2.01. The van der Waals surface area contributed by atoms with Crippen molar-refractivity contribution >= 4 is 34.2 Å². The zero-order chi connectivity index (χ0) is 11.7.